The van der Waals surface area contributed by atoms with E-state index in [0.717, 1.165) is 0 Å². The molecule has 21 nitrogen and oxygen atoms in total. The van der Waals surface area contributed by atoms with E-state index in [9.17, 15) is 43.5 Å². The Morgan fingerprint density at radius 3 is 2.27 bits per heavy atom. The van der Waals surface area contributed by atoms with E-state index in [0.29, 0.717) is 51.9 Å². The van der Waals surface area contributed by atoms with E-state index >= 15 is 4.39 Å². The number of hydrogen-bond acceptors (Lipinski definition) is 14. The number of fused-ring (bicyclic) bond motifs is 5. The molecule has 0 saturated carbocycles. The largest absolute Gasteiger partial charge is 0.458 e. The van der Waals surface area contributed by atoms with Crippen LogP contribution in [-0.4, -0.2) is 111 Å². The molecule has 394 valence electrons. The summed E-state index contributed by atoms with van der Waals surface area (Å²) in [5.41, 5.74) is -1.02. The van der Waals surface area contributed by atoms with Crippen molar-refractivity contribution in [2.24, 2.45) is 0 Å². The molecule has 0 radical (unpaired) electrons. The number of alkyl carbamates (subject to hydrolysis) is 2. The standard InChI is InChI=1S/C52H61FN8O13/c1-10-52(70)33-21-37-40-31(23-61(37)44(64)32(33)24-72-47(52)67)39-35(16-15-30-25(2)34(53)22-36(57-40)38(30)39)58-46(66)51(8,9)59-49(69)73-41(45(65)60-17-19-71-20-18-60)28-11-13-29(14-12-28)56-43(63)26(3)54-42(62)27(4)55-48(68)74-50(5,6)7/h11-14,21-22,26-27,35,41,70H,10,15-20,23-24H2,1-9H3,(H,54,62)(H,55,68)(H,56,63)(H,58,66)(H,59,69)/t26-,27-,35-,41?,52-/m0/s1. The number of amides is 6. The van der Waals surface area contributed by atoms with Crippen molar-refractivity contribution in [3.05, 3.63) is 91.5 Å². The third-order valence-corrected chi connectivity index (χ3v) is 13.8. The third kappa shape index (κ3) is 10.2. The molecule has 1 unspecified atom stereocenters. The van der Waals surface area contributed by atoms with Gasteiger partial charge in [0, 0.05) is 46.9 Å². The Morgan fingerprint density at radius 2 is 1.61 bits per heavy atom. The van der Waals surface area contributed by atoms with Crippen LogP contribution in [0.5, 0.6) is 0 Å². The Balaban J connectivity index is 0.994. The van der Waals surface area contributed by atoms with Crippen molar-refractivity contribution in [1.29, 1.82) is 0 Å². The molecule has 2 aromatic heterocycles. The molecule has 0 spiro atoms. The molecule has 6 amide bonds. The summed E-state index contributed by atoms with van der Waals surface area (Å²) in [7, 11) is 0. The molecule has 3 aliphatic heterocycles. The van der Waals surface area contributed by atoms with Crippen LogP contribution in [0.4, 0.5) is 19.7 Å². The number of hydrogen-bond donors (Lipinski definition) is 6. The number of aryl methyl sites for hydroxylation is 1. The summed E-state index contributed by atoms with van der Waals surface area (Å²) in [6.45, 7) is 14.8. The summed E-state index contributed by atoms with van der Waals surface area (Å²) in [6, 6.07) is 6.03. The first kappa shape index (κ1) is 52.9. The number of carbonyl (C=O) groups excluding carboxylic acids is 7. The molecule has 1 aliphatic carbocycles. The van der Waals surface area contributed by atoms with Gasteiger partial charge < -0.3 is 60.1 Å². The summed E-state index contributed by atoms with van der Waals surface area (Å²) in [5, 5.41) is 25.4. The van der Waals surface area contributed by atoms with Gasteiger partial charge >= 0.3 is 18.2 Å². The number of nitrogens with zero attached hydrogens (tertiary/aromatic N) is 3. The summed E-state index contributed by atoms with van der Waals surface area (Å²) < 4.78 is 38.7. The lowest BCUT2D eigenvalue weighted by molar-refractivity contribution is -0.172. The van der Waals surface area contributed by atoms with Crippen LogP contribution in [0.2, 0.25) is 0 Å². The number of anilines is 1. The maximum atomic E-state index is 15.6. The quantitative estimate of drug-likeness (QED) is 0.0759. The van der Waals surface area contributed by atoms with Gasteiger partial charge in [0.05, 0.1) is 48.3 Å². The second-order valence-corrected chi connectivity index (χ2v) is 20.6. The van der Waals surface area contributed by atoms with Gasteiger partial charge in [0.25, 0.3) is 11.5 Å². The van der Waals surface area contributed by atoms with Crippen molar-refractivity contribution in [2.45, 2.75) is 136 Å². The highest BCUT2D eigenvalue weighted by Crippen LogP contribution is 2.46. The Labute approximate surface area is 425 Å². The van der Waals surface area contributed by atoms with Crippen molar-refractivity contribution < 1.29 is 62.0 Å². The molecule has 5 heterocycles. The average molecular weight is 1030 g/mol. The molecule has 5 atom stereocenters. The number of carbonyl (C=O) groups is 7. The SMILES string of the molecule is CC[C@@]1(O)C(=O)OCc2c1cc1n(c2=O)Cc2c-1nc1cc(F)c(C)c3c1c2[C@@H](NC(=O)C(C)(C)NC(=O)OC(C(=O)N1CCOCC1)c1ccc(NC(=O)[C@H](C)NC(=O)[C@H](C)NC(=O)OC(C)(C)C)cc1)CC3. The fraction of sp³-hybridized carbons (Fsp3) is 0.481. The Hall–Kier alpha value is -7.46. The van der Waals surface area contributed by atoms with Crippen LogP contribution in [-0.2, 0) is 68.1 Å². The molecule has 1 saturated heterocycles. The van der Waals surface area contributed by atoms with Gasteiger partial charge in [-0.2, -0.15) is 0 Å². The van der Waals surface area contributed by atoms with Gasteiger partial charge in [0.1, 0.15) is 35.6 Å². The van der Waals surface area contributed by atoms with Crippen LogP contribution in [0.25, 0.3) is 22.3 Å². The molecule has 22 heteroatoms. The molecular weight excluding hydrogens is 964 g/mol. The Kier molecular flexibility index (Phi) is 14.4. The number of aliphatic hydroxyl groups is 1. The number of nitrogens with one attached hydrogen (secondary N) is 5. The fourth-order valence-electron chi connectivity index (χ4n) is 9.64. The van der Waals surface area contributed by atoms with Gasteiger partial charge in [-0.05, 0) is 110 Å². The van der Waals surface area contributed by atoms with Gasteiger partial charge in [0.15, 0.2) is 5.60 Å². The molecule has 0 bridgehead atoms. The zero-order chi connectivity index (χ0) is 53.8. The molecule has 6 N–H and O–H groups in total. The zero-order valence-corrected chi connectivity index (χ0v) is 42.7. The highest BCUT2D eigenvalue weighted by atomic mass is 19.1. The molecule has 1 fully saturated rings. The van der Waals surface area contributed by atoms with Gasteiger partial charge in [0.2, 0.25) is 23.8 Å². The molecule has 4 aromatic rings. The van der Waals surface area contributed by atoms with Crippen molar-refractivity contribution >= 4 is 58.4 Å². The lowest BCUT2D eigenvalue weighted by Gasteiger charge is -2.33. The van der Waals surface area contributed by atoms with Crippen LogP contribution in [0.15, 0.2) is 41.2 Å². The summed E-state index contributed by atoms with van der Waals surface area (Å²) in [6.07, 6.45) is -2.80. The fourth-order valence-corrected chi connectivity index (χ4v) is 9.64. The number of cyclic esters (lactones) is 1. The number of halogens is 1. The summed E-state index contributed by atoms with van der Waals surface area (Å²) in [4.78, 5) is 114. The first-order chi connectivity index (χ1) is 34.8. The minimum absolute atomic E-state index is 0.0169. The predicted octanol–water partition coefficient (Wildman–Crippen LogP) is 4.09. The minimum atomic E-state index is -2.07. The maximum Gasteiger partial charge on any atom is 0.409 e. The second-order valence-electron chi connectivity index (χ2n) is 20.6. The number of morpholine rings is 1. The van der Waals surface area contributed by atoms with E-state index < -0.39 is 94.1 Å². The van der Waals surface area contributed by atoms with Gasteiger partial charge in [-0.1, -0.05) is 19.1 Å². The monoisotopic (exact) mass is 1020 g/mol. The van der Waals surface area contributed by atoms with Crippen LogP contribution in [0, 0.1) is 12.7 Å². The molecular formula is C52H61FN8O13. The third-order valence-electron chi connectivity index (χ3n) is 13.8. The van der Waals surface area contributed by atoms with Crippen molar-refractivity contribution in [3.8, 4) is 11.4 Å². The lowest BCUT2D eigenvalue weighted by Crippen LogP contribution is -2.56. The number of benzene rings is 2. The lowest BCUT2D eigenvalue weighted by atomic mass is 9.81. The molecule has 8 rings (SSSR count). The van der Waals surface area contributed by atoms with E-state index in [1.807, 2.05) is 0 Å². The van der Waals surface area contributed by atoms with Crippen LogP contribution < -0.4 is 32.1 Å². The van der Waals surface area contributed by atoms with E-state index in [1.54, 1.807) is 40.7 Å². The van der Waals surface area contributed by atoms with Crippen molar-refractivity contribution in [3.63, 3.8) is 0 Å². The smallest absolute Gasteiger partial charge is 0.409 e. The van der Waals surface area contributed by atoms with E-state index in [4.69, 9.17) is 23.9 Å². The summed E-state index contributed by atoms with van der Waals surface area (Å²) >= 11 is 0. The first-order valence-electron chi connectivity index (χ1n) is 24.5. The van der Waals surface area contributed by atoms with E-state index in [1.165, 1.54) is 67.5 Å². The average Bonchev–Trinajstić information content (AvgIpc) is 3.72. The van der Waals surface area contributed by atoms with Crippen molar-refractivity contribution in [1.82, 2.24) is 35.7 Å². The normalized spacial score (nSPS) is 19.1. The second kappa shape index (κ2) is 20.1. The van der Waals surface area contributed by atoms with Crippen LogP contribution in [0.1, 0.15) is 119 Å². The van der Waals surface area contributed by atoms with Crippen LogP contribution >= 0.6 is 0 Å². The van der Waals surface area contributed by atoms with Gasteiger partial charge in [-0.3, -0.25) is 24.0 Å². The highest BCUT2D eigenvalue weighted by Gasteiger charge is 2.46. The minimum Gasteiger partial charge on any atom is -0.458 e. The Morgan fingerprint density at radius 1 is 0.932 bits per heavy atom. The van der Waals surface area contributed by atoms with Crippen LogP contribution in [0.3, 0.4) is 0 Å². The maximum absolute atomic E-state index is 15.6. The molecule has 4 aliphatic rings. The number of aromatic nitrogens is 2. The predicted molar refractivity (Wildman–Crippen MR) is 264 cm³/mol. The van der Waals surface area contributed by atoms with Crippen molar-refractivity contribution in [2.75, 3.05) is 31.6 Å². The Bertz CT molecular complexity index is 3050. The number of pyridine rings is 2. The first-order valence-corrected chi connectivity index (χ1v) is 24.5. The topological polar surface area (TPSA) is 275 Å². The molecule has 2 aromatic carbocycles. The zero-order valence-electron chi connectivity index (χ0n) is 42.7. The van der Waals surface area contributed by atoms with E-state index in [2.05, 4.69) is 26.6 Å². The highest BCUT2D eigenvalue weighted by molar-refractivity contribution is 5.98. The number of ether oxygens (including phenoxy) is 4. The molecule has 74 heavy (non-hydrogen) atoms. The van der Waals surface area contributed by atoms with Gasteiger partial charge in [-0.15, -0.1) is 0 Å². The van der Waals surface area contributed by atoms with E-state index in [-0.39, 0.29) is 73.8 Å². The number of esters is 1. The summed E-state index contributed by atoms with van der Waals surface area (Å²) in [5.74, 6) is -3.78. The number of rotatable bonds is 12. The van der Waals surface area contributed by atoms with Gasteiger partial charge in [-0.25, -0.2) is 23.8 Å².